The third-order valence-electron chi connectivity index (χ3n) is 5.01. The number of thiazole rings is 1. The van der Waals surface area contributed by atoms with Gasteiger partial charge in [0, 0.05) is 35.2 Å². The molecule has 0 bridgehead atoms. The summed E-state index contributed by atoms with van der Waals surface area (Å²) in [5.74, 6) is -0.207. The van der Waals surface area contributed by atoms with Crippen molar-refractivity contribution in [3.8, 4) is 6.07 Å². The molecule has 1 N–H and O–H groups in total. The third kappa shape index (κ3) is 4.74. The van der Waals surface area contributed by atoms with Crippen LogP contribution in [-0.4, -0.2) is 29.4 Å². The zero-order chi connectivity index (χ0) is 22.5. The van der Waals surface area contributed by atoms with Crippen molar-refractivity contribution in [3.05, 3.63) is 75.1 Å². The van der Waals surface area contributed by atoms with E-state index >= 15 is 0 Å². The molecule has 0 aliphatic carbocycles. The van der Waals surface area contributed by atoms with Crippen LogP contribution >= 0.6 is 23.3 Å². The monoisotopic (exact) mass is 459 g/mol. The van der Waals surface area contributed by atoms with Gasteiger partial charge in [0.1, 0.15) is 5.69 Å². The van der Waals surface area contributed by atoms with Gasteiger partial charge in [-0.15, -0.1) is 11.3 Å². The molecule has 3 aromatic rings. The van der Waals surface area contributed by atoms with Gasteiger partial charge in [-0.05, 0) is 41.6 Å². The summed E-state index contributed by atoms with van der Waals surface area (Å²) in [6, 6.07) is 17.7. The Kier molecular flexibility index (Phi) is 6.69. The van der Waals surface area contributed by atoms with Crippen molar-refractivity contribution in [1.29, 1.82) is 5.26 Å². The van der Waals surface area contributed by atoms with Crippen LogP contribution in [-0.2, 0) is 0 Å². The number of nitrogens with zero attached hydrogens (tertiary/aromatic N) is 4. The molecule has 0 saturated heterocycles. The lowest BCUT2D eigenvalue weighted by Crippen LogP contribution is -2.25. The molecule has 1 aromatic heterocycles. The standard InChI is InChI=1S/C24H21N5OS2/c1-16-22(23(30)28-31-2)27-24(32-16)29(21-11-7-17(13-25)8-12-21)15-20-10-9-18-5-3-4-6-19(18)14-26-20/h3-9,11-12,14H,10,15H2,1-2H3,(H,28,30). The molecule has 0 saturated carbocycles. The van der Waals surface area contributed by atoms with E-state index in [4.69, 9.17) is 10.3 Å². The van der Waals surface area contributed by atoms with Crippen molar-refractivity contribution in [3.63, 3.8) is 0 Å². The maximum atomic E-state index is 12.4. The molecule has 0 unspecified atom stereocenters. The van der Waals surface area contributed by atoms with Gasteiger partial charge in [0.15, 0.2) is 5.13 Å². The predicted octanol–water partition coefficient (Wildman–Crippen LogP) is 3.53. The van der Waals surface area contributed by atoms with Gasteiger partial charge in [-0.3, -0.25) is 14.5 Å². The first-order chi connectivity index (χ1) is 15.6. The molecular weight excluding hydrogens is 438 g/mol. The quantitative estimate of drug-likeness (QED) is 0.571. The first-order valence-electron chi connectivity index (χ1n) is 9.98. The van der Waals surface area contributed by atoms with Crippen molar-refractivity contribution in [1.82, 2.24) is 9.71 Å². The Hall–Kier alpha value is -3.41. The summed E-state index contributed by atoms with van der Waals surface area (Å²) in [7, 11) is 0. The molecule has 1 aliphatic rings. The molecule has 0 atom stereocenters. The van der Waals surface area contributed by atoms with Gasteiger partial charge in [-0.25, -0.2) is 4.98 Å². The molecule has 2 aromatic carbocycles. The normalized spacial score (nSPS) is 12.3. The molecule has 2 heterocycles. The van der Waals surface area contributed by atoms with E-state index < -0.39 is 0 Å². The second kappa shape index (κ2) is 9.81. The van der Waals surface area contributed by atoms with Crippen LogP contribution in [0.25, 0.3) is 12.3 Å². The number of rotatable bonds is 6. The number of hydrogen-bond donors (Lipinski definition) is 1. The number of carbonyl (C=O) groups excluding carboxylic acids is 1. The van der Waals surface area contributed by atoms with Crippen LogP contribution in [0, 0.1) is 18.3 Å². The van der Waals surface area contributed by atoms with Crippen LogP contribution in [0.15, 0.2) is 53.5 Å². The summed E-state index contributed by atoms with van der Waals surface area (Å²) in [6.45, 7) is 2.41. The SMILES string of the molecule is CSNC(=O)c1nc(N(CC2=NC=c3ccccc3=CC2)c2ccc(C#N)cc2)sc1C. The number of hydrogen-bond acceptors (Lipinski definition) is 7. The van der Waals surface area contributed by atoms with Crippen LogP contribution in [0.3, 0.4) is 0 Å². The lowest BCUT2D eigenvalue weighted by molar-refractivity contribution is 0.0980. The fourth-order valence-electron chi connectivity index (χ4n) is 3.38. The summed E-state index contributed by atoms with van der Waals surface area (Å²) >= 11 is 2.72. The molecule has 1 aliphatic heterocycles. The maximum Gasteiger partial charge on any atom is 0.280 e. The fraction of sp³-hybridized carbons (Fsp3) is 0.167. The first-order valence-corrected chi connectivity index (χ1v) is 12.0. The summed E-state index contributed by atoms with van der Waals surface area (Å²) in [4.78, 5) is 24.7. The van der Waals surface area contributed by atoms with E-state index in [-0.39, 0.29) is 5.91 Å². The molecule has 6 nitrogen and oxygen atoms in total. The van der Waals surface area contributed by atoms with Gasteiger partial charge >= 0.3 is 0 Å². The Bertz CT molecular complexity index is 1340. The molecule has 0 fully saturated rings. The van der Waals surface area contributed by atoms with Gasteiger partial charge in [0.05, 0.1) is 18.2 Å². The number of aliphatic imine (C=N–C) groups is 1. The van der Waals surface area contributed by atoms with Gasteiger partial charge in [0.2, 0.25) is 0 Å². The van der Waals surface area contributed by atoms with E-state index in [1.54, 1.807) is 18.4 Å². The predicted molar refractivity (Wildman–Crippen MR) is 133 cm³/mol. The number of nitrogens with one attached hydrogen (secondary N) is 1. The number of benzene rings is 2. The van der Waals surface area contributed by atoms with Gasteiger partial charge < -0.3 is 4.90 Å². The van der Waals surface area contributed by atoms with Crippen molar-refractivity contribution in [2.45, 2.75) is 13.3 Å². The highest BCUT2D eigenvalue weighted by Gasteiger charge is 2.21. The van der Waals surface area contributed by atoms with E-state index in [1.165, 1.54) is 23.3 Å². The molecule has 0 spiro atoms. The summed E-state index contributed by atoms with van der Waals surface area (Å²) in [6.07, 6.45) is 6.60. The second-order valence-electron chi connectivity index (χ2n) is 7.14. The minimum Gasteiger partial charge on any atom is -0.312 e. The molecule has 1 amide bonds. The van der Waals surface area contributed by atoms with Gasteiger partial charge in [0.25, 0.3) is 5.91 Å². The number of amides is 1. The van der Waals surface area contributed by atoms with Gasteiger partial charge in [-0.2, -0.15) is 5.26 Å². The minimum atomic E-state index is -0.207. The lowest BCUT2D eigenvalue weighted by Gasteiger charge is -2.22. The van der Waals surface area contributed by atoms with Gasteiger partial charge in [-0.1, -0.05) is 42.3 Å². The number of nitriles is 1. The van der Waals surface area contributed by atoms with E-state index in [2.05, 4.69) is 34.0 Å². The van der Waals surface area contributed by atoms with E-state index in [0.29, 0.717) is 29.4 Å². The molecule has 4 rings (SSSR count). The van der Waals surface area contributed by atoms with Crippen LogP contribution in [0.1, 0.15) is 27.3 Å². The summed E-state index contributed by atoms with van der Waals surface area (Å²) in [5.41, 5.74) is 2.88. The number of aromatic nitrogens is 1. The fourth-order valence-corrected chi connectivity index (χ4v) is 4.59. The van der Waals surface area contributed by atoms with Crippen molar-refractivity contribution < 1.29 is 4.79 Å². The molecule has 8 heteroatoms. The van der Waals surface area contributed by atoms with Crippen molar-refractivity contribution in [2.24, 2.45) is 4.99 Å². The first kappa shape index (κ1) is 21.8. The van der Waals surface area contributed by atoms with E-state index in [1.807, 2.05) is 42.3 Å². The topological polar surface area (TPSA) is 81.4 Å². The zero-order valence-corrected chi connectivity index (χ0v) is 19.3. The number of carbonyl (C=O) groups is 1. The Labute approximate surface area is 194 Å². The number of aryl methyl sites for hydroxylation is 1. The molecule has 160 valence electrons. The second-order valence-corrected chi connectivity index (χ2v) is 8.94. The Morgan fingerprint density at radius 1 is 1.22 bits per heavy atom. The largest absolute Gasteiger partial charge is 0.312 e. The summed E-state index contributed by atoms with van der Waals surface area (Å²) in [5, 5.41) is 12.1. The average Bonchev–Trinajstić information content (AvgIpc) is 3.08. The molecule has 32 heavy (non-hydrogen) atoms. The highest BCUT2D eigenvalue weighted by molar-refractivity contribution is 7.97. The highest BCUT2D eigenvalue weighted by Crippen LogP contribution is 2.32. The number of fused-ring (bicyclic) bond motifs is 1. The Balaban J connectivity index is 1.71. The smallest absolute Gasteiger partial charge is 0.280 e. The molecular formula is C24H21N5OS2. The Morgan fingerprint density at radius 3 is 2.69 bits per heavy atom. The van der Waals surface area contributed by atoms with E-state index in [9.17, 15) is 4.79 Å². The zero-order valence-electron chi connectivity index (χ0n) is 17.7. The summed E-state index contributed by atoms with van der Waals surface area (Å²) < 4.78 is 2.74. The third-order valence-corrected chi connectivity index (χ3v) is 6.40. The van der Waals surface area contributed by atoms with Crippen molar-refractivity contribution >= 4 is 58.0 Å². The average molecular weight is 460 g/mol. The molecule has 0 radical (unpaired) electrons. The van der Waals surface area contributed by atoms with Crippen molar-refractivity contribution in [2.75, 3.05) is 17.7 Å². The van der Waals surface area contributed by atoms with Crippen LogP contribution in [0.5, 0.6) is 0 Å². The number of anilines is 2. The highest BCUT2D eigenvalue weighted by atomic mass is 32.2. The maximum absolute atomic E-state index is 12.4. The lowest BCUT2D eigenvalue weighted by atomic mass is 10.1. The van der Waals surface area contributed by atoms with Crippen LogP contribution in [0.2, 0.25) is 0 Å². The minimum absolute atomic E-state index is 0.207. The van der Waals surface area contributed by atoms with E-state index in [0.717, 1.165) is 26.7 Å². The Morgan fingerprint density at radius 2 is 1.97 bits per heavy atom. The van der Waals surface area contributed by atoms with Crippen LogP contribution in [0.4, 0.5) is 10.8 Å². The van der Waals surface area contributed by atoms with Crippen LogP contribution < -0.4 is 20.1 Å².